The molecule has 0 saturated carbocycles. The Labute approximate surface area is 81.5 Å². The summed E-state index contributed by atoms with van der Waals surface area (Å²) < 4.78 is 0. The summed E-state index contributed by atoms with van der Waals surface area (Å²) in [5.74, 6) is 0.196. The SMILES string of the molecule is CC.CCN(C)C1CCNC(=O)C1. The van der Waals surface area contributed by atoms with E-state index in [2.05, 4.69) is 24.2 Å². The van der Waals surface area contributed by atoms with Crippen molar-refractivity contribution >= 4 is 5.91 Å². The van der Waals surface area contributed by atoms with Gasteiger partial charge in [-0.2, -0.15) is 0 Å². The molecule has 0 aromatic heterocycles. The van der Waals surface area contributed by atoms with Gasteiger partial charge in [-0.1, -0.05) is 20.8 Å². The Kier molecular flexibility index (Phi) is 6.59. The second kappa shape index (κ2) is 6.89. The van der Waals surface area contributed by atoms with Crippen molar-refractivity contribution in [2.24, 2.45) is 0 Å². The molecular formula is C10H22N2O. The van der Waals surface area contributed by atoms with Crippen molar-refractivity contribution in [1.82, 2.24) is 10.2 Å². The van der Waals surface area contributed by atoms with E-state index in [4.69, 9.17) is 0 Å². The van der Waals surface area contributed by atoms with Gasteiger partial charge in [0.05, 0.1) is 0 Å². The lowest BCUT2D eigenvalue weighted by Gasteiger charge is -2.29. The summed E-state index contributed by atoms with van der Waals surface area (Å²) in [6, 6.07) is 0.466. The van der Waals surface area contributed by atoms with Gasteiger partial charge >= 0.3 is 0 Å². The van der Waals surface area contributed by atoms with Crippen LogP contribution in [0.3, 0.4) is 0 Å². The monoisotopic (exact) mass is 186 g/mol. The first-order valence-corrected chi connectivity index (χ1v) is 5.21. The first-order valence-electron chi connectivity index (χ1n) is 5.21. The van der Waals surface area contributed by atoms with Crippen LogP contribution < -0.4 is 5.32 Å². The molecule has 1 heterocycles. The maximum Gasteiger partial charge on any atom is 0.221 e. The largest absolute Gasteiger partial charge is 0.356 e. The standard InChI is InChI=1S/C8H16N2O.C2H6/c1-3-10(2)7-4-5-9-8(11)6-7;1-2/h7H,3-6H2,1-2H3,(H,9,11);1-2H3. The number of carbonyl (C=O) groups is 1. The van der Waals surface area contributed by atoms with Gasteiger partial charge in [-0.25, -0.2) is 0 Å². The van der Waals surface area contributed by atoms with Crippen LogP contribution in [0.2, 0.25) is 0 Å². The summed E-state index contributed by atoms with van der Waals surface area (Å²) in [5, 5.41) is 2.83. The van der Waals surface area contributed by atoms with E-state index in [9.17, 15) is 4.79 Å². The number of hydrogen-bond acceptors (Lipinski definition) is 2. The van der Waals surface area contributed by atoms with Crippen LogP contribution in [0.1, 0.15) is 33.6 Å². The minimum atomic E-state index is 0.196. The van der Waals surface area contributed by atoms with Gasteiger partial charge in [-0.3, -0.25) is 4.79 Å². The third-order valence-corrected chi connectivity index (χ3v) is 2.34. The fourth-order valence-corrected chi connectivity index (χ4v) is 1.40. The van der Waals surface area contributed by atoms with Gasteiger partial charge in [0.25, 0.3) is 0 Å². The van der Waals surface area contributed by atoms with Crippen LogP contribution >= 0.6 is 0 Å². The van der Waals surface area contributed by atoms with E-state index in [-0.39, 0.29) is 5.91 Å². The maximum absolute atomic E-state index is 11.0. The van der Waals surface area contributed by atoms with Crippen molar-refractivity contribution in [3.05, 3.63) is 0 Å². The summed E-state index contributed by atoms with van der Waals surface area (Å²) in [6.45, 7) is 7.98. The molecule has 0 bridgehead atoms. The fraction of sp³-hybridized carbons (Fsp3) is 0.900. The molecule has 1 fully saturated rings. The molecule has 3 nitrogen and oxygen atoms in total. The van der Waals surface area contributed by atoms with Gasteiger partial charge in [0.15, 0.2) is 0 Å². The molecule has 1 aliphatic rings. The quantitative estimate of drug-likeness (QED) is 0.704. The second-order valence-electron chi connectivity index (χ2n) is 3.07. The van der Waals surface area contributed by atoms with Crippen LogP contribution in [-0.2, 0) is 4.79 Å². The maximum atomic E-state index is 11.0. The Morgan fingerprint density at radius 2 is 2.15 bits per heavy atom. The zero-order valence-corrected chi connectivity index (χ0v) is 9.26. The molecule has 1 N–H and O–H groups in total. The molecule has 1 amide bonds. The highest BCUT2D eigenvalue weighted by Crippen LogP contribution is 2.09. The van der Waals surface area contributed by atoms with E-state index >= 15 is 0 Å². The number of piperidine rings is 1. The minimum absolute atomic E-state index is 0.196. The summed E-state index contributed by atoms with van der Waals surface area (Å²) in [4.78, 5) is 13.2. The molecule has 0 spiro atoms. The van der Waals surface area contributed by atoms with E-state index in [1.807, 2.05) is 13.8 Å². The van der Waals surface area contributed by atoms with Crippen LogP contribution in [0.4, 0.5) is 0 Å². The Hall–Kier alpha value is -0.570. The van der Waals surface area contributed by atoms with Crippen molar-refractivity contribution in [1.29, 1.82) is 0 Å². The molecule has 1 saturated heterocycles. The first-order chi connectivity index (χ1) is 6.24. The molecule has 1 rings (SSSR count). The van der Waals surface area contributed by atoms with E-state index in [0.717, 1.165) is 19.5 Å². The topological polar surface area (TPSA) is 32.3 Å². The molecule has 0 radical (unpaired) electrons. The predicted molar refractivity (Wildman–Crippen MR) is 55.7 cm³/mol. The van der Waals surface area contributed by atoms with Crippen molar-refractivity contribution in [3.8, 4) is 0 Å². The summed E-state index contributed by atoms with van der Waals surface area (Å²) >= 11 is 0. The Morgan fingerprint density at radius 1 is 1.54 bits per heavy atom. The molecule has 1 unspecified atom stereocenters. The molecule has 0 aromatic rings. The third-order valence-electron chi connectivity index (χ3n) is 2.34. The number of nitrogens with one attached hydrogen (secondary N) is 1. The molecule has 1 aliphatic heterocycles. The molecule has 1 atom stereocenters. The highest BCUT2D eigenvalue weighted by Gasteiger charge is 2.21. The van der Waals surface area contributed by atoms with Crippen molar-refractivity contribution < 1.29 is 4.79 Å². The summed E-state index contributed by atoms with van der Waals surface area (Å²) in [7, 11) is 2.07. The van der Waals surface area contributed by atoms with Crippen LogP contribution in [0, 0.1) is 0 Å². The lowest BCUT2D eigenvalue weighted by atomic mass is 10.1. The molecule has 0 aliphatic carbocycles. The Balaban J connectivity index is 0.000000671. The number of hydrogen-bond donors (Lipinski definition) is 1. The van der Waals surface area contributed by atoms with E-state index in [1.54, 1.807) is 0 Å². The third kappa shape index (κ3) is 4.27. The lowest BCUT2D eigenvalue weighted by Crippen LogP contribution is -2.44. The number of amides is 1. The van der Waals surface area contributed by atoms with Crippen LogP contribution in [0.15, 0.2) is 0 Å². The number of carbonyl (C=O) groups excluding carboxylic acids is 1. The van der Waals surface area contributed by atoms with Gasteiger partial charge in [-0.05, 0) is 20.0 Å². The summed E-state index contributed by atoms with van der Waals surface area (Å²) in [5.41, 5.74) is 0. The van der Waals surface area contributed by atoms with Crippen molar-refractivity contribution in [2.75, 3.05) is 20.1 Å². The molecule has 0 aromatic carbocycles. The van der Waals surface area contributed by atoms with Gasteiger partial charge in [-0.15, -0.1) is 0 Å². The van der Waals surface area contributed by atoms with Crippen molar-refractivity contribution in [2.45, 2.75) is 39.7 Å². The van der Waals surface area contributed by atoms with E-state index in [1.165, 1.54) is 0 Å². The Morgan fingerprint density at radius 3 is 2.62 bits per heavy atom. The van der Waals surface area contributed by atoms with Crippen LogP contribution in [-0.4, -0.2) is 37.0 Å². The molecule has 78 valence electrons. The van der Waals surface area contributed by atoms with Gasteiger partial charge in [0, 0.05) is 19.0 Å². The van der Waals surface area contributed by atoms with E-state index in [0.29, 0.717) is 12.5 Å². The average Bonchev–Trinajstić information content (AvgIpc) is 2.20. The second-order valence-corrected chi connectivity index (χ2v) is 3.07. The first kappa shape index (κ1) is 12.4. The highest BCUT2D eigenvalue weighted by atomic mass is 16.1. The minimum Gasteiger partial charge on any atom is -0.356 e. The molecule has 13 heavy (non-hydrogen) atoms. The van der Waals surface area contributed by atoms with Crippen LogP contribution in [0.5, 0.6) is 0 Å². The number of nitrogens with zero attached hydrogens (tertiary/aromatic N) is 1. The van der Waals surface area contributed by atoms with E-state index < -0.39 is 0 Å². The fourth-order valence-electron chi connectivity index (χ4n) is 1.40. The lowest BCUT2D eigenvalue weighted by molar-refractivity contribution is -0.123. The van der Waals surface area contributed by atoms with Gasteiger partial charge < -0.3 is 10.2 Å². The smallest absolute Gasteiger partial charge is 0.221 e. The number of rotatable bonds is 2. The van der Waals surface area contributed by atoms with Crippen LogP contribution in [0.25, 0.3) is 0 Å². The zero-order chi connectivity index (χ0) is 10.3. The molecular weight excluding hydrogens is 164 g/mol. The summed E-state index contributed by atoms with van der Waals surface area (Å²) in [6.07, 6.45) is 1.76. The highest BCUT2D eigenvalue weighted by molar-refractivity contribution is 5.77. The van der Waals surface area contributed by atoms with Gasteiger partial charge in [0.2, 0.25) is 5.91 Å². The molecule has 3 heteroatoms. The van der Waals surface area contributed by atoms with Gasteiger partial charge in [0.1, 0.15) is 0 Å². The zero-order valence-electron chi connectivity index (χ0n) is 9.26. The normalized spacial score (nSPS) is 21.9. The Bertz CT molecular complexity index is 148. The van der Waals surface area contributed by atoms with Crippen molar-refractivity contribution in [3.63, 3.8) is 0 Å². The predicted octanol–water partition coefficient (Wildman–Crippen LogP) is 1.24. The average molecular weight is 186 g/mol.